The number of rotatable bonds is 2. The van der Waals surface area contributed by atoms with Crippen molar-refractivity contribution in [2.75, 3.05) is 24.6 Å². The monoisotopic (exact) mass is 240 g/mol. The van der Waals surface area contributed by atoms with Crippen LogP contribution in [0.15, 0.2) is 12.3 Å². The van der Waals surface area contributed by atoms with Crippen LogP contribution in [0.5, 0.6) is 0 Å². The highest BCUT2D eigenvalue weighted by molar-refractivity contribution is 5.43. The van der Waals surface area contributed by atoms with Crippen LogP contribution in [0.25, 0.3) is 0 Å². The van der Waals surface area contributed by atoms with Crippen LogP contribution in [-0.4, -0.2) is 35.4 Å². The molecule has 0 saturated carbocycles. The average molecular weight is 240 g/mol. The lowest BCUT2D eigenvalue weighted by Crippen LogP contribution is -2.49. The van der Waals surface area contributed by atoms with Crippen LogP contribution in [0.1, 0.15) is 19.4 Å². The highest BCUT2D eigenvalue weighted by Gasteiger charge is 2.29. The quantitative estimate of drug-likeness (QED) is 0.847. The summed E-state index contributed by atoms with van der Waals surface area (Å²) in [6.45, 7) is 5.38. The van der Waals surface area contributed by atoms with Gasteiger partial charge in [-0.15, -0.1) is 0 Å². The summed E-state index contributed by atoms with van der Waals surface area (Å²) in [7, 11) is 0. The third-order valence-electron chi connectivity index (χ3n) is 2.85. The minimum Gasteiger partial charge on any atom is -0.392 e. The fraction of sp³-hybridized carbons (Fsp3) is 0.583. The zero-order chi connectivity index (χ0) is 12.5. The van der Waals surface area contributed by atoms with Gasteiger partial charge in [0, 0.05) is 24.8 Å². The average Bonchev–Trinajstić information content (AvgIpc) is 2.28. The number of aromatic nitrogens is 1. The maximum absolute atomic E-state index is 14.0. The SMILES string of the molecule is CC1(C)CN(c2nccc(CO)c2F)CCO1. The molecular weight excluding hydrogens is 223 g/mol. The van der Waals surface area contributed by atoms with E-state index in [0.29, 0.717) is 25.5 Å². The number of ether oxygens (including phenoxy) is 1. The highest BCUT2D eigenvalue weighted by Crippen LogP contribution is 2.25. The van der Waals surface area contributed by atoms with Crippen LogP contribution in [0, 0.1) is 5.82 Å². The van der Waals surface area contributed by atoms with Gasteiger partial charge in [-0.2, -0.15) is 0 Å². The van der Waals surface area contributed by atoms with E-state index in [9.17, 15) is 4.39 Å². The summed E-state index contributed by atoms with van der Waals surface area (Å²) in [5.41, 5.74) is -0.0269. The van der Waals surface area contributed by atoms with E-state index in [0.717, 1.165) is 0 Å². The molecule has 0 spiro atoms. The number of aliphatic hydroxyl groups excluding tert-OH is 1. The van der Waals surface area contributed by atoms with Crippen LogP contribution in [0.2, 0.25) is 0 Å². The molecule has 1 N–H and O–H groups in total. The molecule has 1 aromatic rings. The lowest BCUT2D eigenvalue weighted by atomic mass is 10.1. The first kappa shape index (κ1) is 12.3. The fourth-order valence-electron chi connectivity index (χ4n) is 2.01. The van der Waals surface area contributed by atoms with Gasteiger partial charge in [0.15, 0.2) is 11.6 Å². The van der Waals surface area contributed by atoms with Crippen molar-refractivity contribution in [2.45, 2.75) is 26.1 Å². The Bertz CT molecular complexity index is 409. The topological polar surface area (TPSA) is 45.6 Å². The molecule has 1 fully saturated rings. The second kappa shape index (κ2) is 4.58. The predicted octanol–water partition coefficient (Wildman–Crippen LogP) is 1.33. The van der Waals surface area contributed by atoms with Crippen molar-refractivity contribution in [1.82, 2.24) is 4.98 Å². The van der Waals surface area contributed by atoms with Crippen LogP contribution < -0.4 is 4.90 Å². The Morgan fingerprint density at radius 3 is 3.00 bits per heavy atom. The van der Waals surface area contributed by atoms with Crippen molar-refractivity contribution in [3.8, 4) is 0 Å². The highest BCUT2D eigenvalue weighted by atomic mass is 19.1. The van der Waals surface area contributed by atoms with Gasteiger partial charge < -0.3 is 14.7 Å². The molecule has 0 atom stereocenters. The van der Waals surface area contributed by atoms with E-state index in [4.69, 9.17) is 9.84 Å². The second-order valence-electron chi connectivity index (χ2n) is 4.80. The largest absolute Gasteiger partial charge is 0.392 e. The number of pyridine rings is 1. The van der Waals surface area contributed by atoms with Crippen molar-refractivity contribution in [1.29, 1.82) is 0 Å². The van der Waals surface area contributed by atoms with E-state index in [1.165, 1.54) is 12.3 Å². The summed E-state index contributed by atoms with van der Waals surface area (Å²) in [4.78, 5) is 5.92. The molecule has 0 radical (unpaired) electrons. The molecule has 2 rings (SSSR count). The molecule has 17 heavy (non-hydrogen) atoms. The molecule has 0 aromatic carbocycles. The third-order valence-corrected chi connectivity index (χ3v) is 2.85. The van der Waals surface area contributed by atoms with E-state index in [1.807, 2.05) is 18.7 Å². The maximum Gasteiger partial charge on any atom is 0.171 e. The summed E-state index contributed by atoms with van der Waals surface area (Å²) < 4.78 is 19.6. The third kappa shape index (κ3) is 2.56. The van der Waals surface area contributed by atoms with E-state index in [1.54, 1.807) is 0 Å². The van der Waals surface area contributed by atoms with Crippen LogP contribution >= 0.6 is 0 Å². The zero-order valence-corrected chi connectivity index (χ0v) is 10.1. The lowest BCUT2D eigenvalue weighted by molar-refractivity contribution is -0.0280. The summed E-state index contributed by atoms with van der Waals surface area (Å²) in [6, 6.07) is 1.49. The molecular formula is C12H17FN2O2. The standard InChI is InChI=1S/C12H17FN2O2/c1-12(2)8-15(5-6-17-12)11-10(13)9(7-16)3-4-14-11/h3-4,16H,5-8H2,1-2H3. The Kier molecular flexibility index (Phi) is 3.31. The molecule has 4 nitrogen and oxygen atoms in total. The minimum atomic E-state index is -0.437. The van der Waals surface area contributed by atoms with Gasteiger partial charge in [-0.05, 0) is 19.9 Å². The van der Waals surface area contributed by atoms with E-state index in [2.05, 4.69) is 4.98 Å². The van der Waals surface area contributed by atoms with Crippen molar-refractivity contribution >= 4 is 5.82 Å². The Balaban J connectivity index is 2.28. The van der Waals surface area contributed by atoms with Crippen molar-refractivity contribution in [2.24, 2.45) is 0 Å². The molecule has 94 valence electrons. The summed E-state index contributed by atoms with van der Waals surface area (Å²) >= 11 is 0. The Labute approximate surface area is 100 Å². The summed E-state index contributed by atoms with van der Waals surface area (Å²) in [5.74, 6) is -0.138. The number of anilines is 1. The van der Waals surface area contributed by atoms with Crippen LogP contribution in [0.3, 0.4) is 0 Å². The Morgan fingerprint density at radius 1 is 1.59 bits per heavy atom. The molecule has 0 aliphatic carbocycles. The Morgan fingerprint density at radius 2 is 2.35 bits per heavy atom. The van der Waals surface area contributed by atoms with Gasteiger partial charge in [-0.25, -0.2) is 9.37 Å². The minimum absolute atomic E-state index is 0.277. The first-order valence-electron chi connectivity index (χ1n) is 5.66. The van der Waals surface area contributed by atoms with Gasteiger partial charge in [0.2, 0.25) is 0 Å². The number of hydrogen-bond donors (Lipinski definition) is 1. The number of hydrogen-bond acceptors (Lipinski definition) is 4. The Hall–Kier alpha value is -1.20. The van der Waals surface area contributed by atoms with Gasteiger partial charge in [-0.3, -0.25) is 0 Å². The molecule has 0 unspecified atom stereocenters. The molecule has 1 aromatic heterocycles. The van der Waals surface area contributed by atoms with Crippen LogP contribution in [0.4, 0.5) is 10.2 Å². The summed E-state index contributed by atoms with van der Waals surface area (Å²) in [6.07, 6.45) is 1.52. The number of aliphatic hydroxyl groups is 1. The lowest BCUT2D eigenvalue weighted by Gasteiger charge is -2.38. The van der Waals surface area contributed by atoms with Gasteiger partial charge in [0.25, 0.3) is 0 Å². The molecule has 0 amide bonds. The number of morpholine rings is 1. The van der Waals surface area contributed by atoms with E-state index >= 15 is 0 Å². The molecule has 1 aliphatic heterocycles. The number of halogens is 1. The van der Waals surface area contributed by atoms with Crippen LogP contribution in [-0.2, 0) is 11.3 Å². The zero-order valence-electron chi connectivity index (χ0n) is 10.1. The number of nitrogens with zero attached hydrogens (tertiary/aromatic N) is 2. The first-order chi connectivity index (χ1) is 8.03. The predicted molar refractivity (Wildman–Crippen MR) is 62.4 cm³/mol. The molecule has 0 bridgehead atoms. The molecule has 5 heteroatoms. The van der Waals surface area contributed by atoms with Gasteiger partial charge in [0.1, 0.15) is 0 Å². The van der Waals surface area contributed by atoms with E-state index in [-0.39, 0.29) is 17.8 Å². The smallest absolute Gasteiger partial charge is 0.171 e. The van der Waals surface area contributed by atoms with Crippen molar-refractivity contribution < 1.29 is 14.2 Å². The van der Waals surface area contributed by atoms with Crippen molar-refractivity contribution in [3.63, 3.8) is 0 Å². The fourth-order valence-corrected chi connectivity index (χ4v) is 2.01. The normalized spacial score (nSPS) is 19.4. The maximum atomic E-state index is 14.0. The molecule has 1 saturated heterocycles. The molecule has 1 aliphatic rings. The van der Waals surface area contributed by atoms with Gasteiger partial charge in [0.05, 0.1) is 18.8 Å². The first-order valence-corrected chi connectivity index (χ1v) is 5.66. The van der Waals surface area contributed by atoms with E-state index < -0.39 is 5.82 Å². The second-order valence-corrected chi connectivity index (χ2v) is 4.80. The molecule has 2 heterocycles. The van der Waals surface area contributed by atoms with Crippen molar-refractivity contribution in [3.05, 3.63) is 23.6 Å². The van der Waals surface area contributed by atoms with Gasteiger partial charge >= 0.3 is 0 Å². The van der Waals surface area contributed by atoms with Gasteiger partial charge in [-0.1, -0.05) is 0 Å². The summed E-state index contributed by atoms with van der Waals surface area (Å²) in [5, 5.41) is 9.03.